The molecule has 192 valence electrons. The van der Waals surface area contributed by atoms with Gasteiger partial charge < -0.3 is 81.9 Å². The van der Waals surface area contributed by atoms with E-state index in [4.69, 9.17) is 49.0 Å². The predicted molar refractivity (Wildman–Crippen MR) is 93.3 cm³/mol. The Kier molecular flexibility index (Phi) is 28.6. The van der Waals surface area contributed by atoms with Gasteiger partial charge in [0.2, 0.25) is 0 Å². The smallest absolute Gasteiger partial charge is 1.00 e. The van der Waals surface area contributed by atoms with Gasteiger partial charge in [-0.05, 0) is 6.42 Å². The summed E-state index contributed by atoms with van der Waals surface area (Å²) in [7, 11) is -4.67. The van der Waals surface area contributed by atoms with Crippen LogP contribution in [-0.4, -0.2) is 127 Å². The third kappa shape index (κ3) is 16.5. The van der Waals surface area contributed by atoms with Crippen molar-refractivity contribution in [3.63, 3.8) is 0 Å². The molecule has 0 spiro atoms. The second kappa shape index (κ2) is 21.0. The predicted octanol–water partition coefficient (Wildman–Crippen LogP) is -18.5. The normalized spacial score (nSPS) is 37.6. The zero-order chi connectivity index (χ0) is 23.1. The van der Waals surface area contributed by atoms with Crippen LogP contribution in [0.1, 0.15) is 6.42 Å². The Morgan fingerprint density at radius 3 is 1.52 bits per heavy atom. The van der Waals surface area contributed by atoms with Crippen LogP contribution in [0.25, 0.3) is 0 Å². The maximum atomic E-state index is 9.32. The number of aliphatic hydroxyl groups is 8. The molecule has 1 heterocycles. The molecule has 0 aromatic carbocycles. The van der Waals surface area contributed by atoms with Crippen molar-refractivity contribution < 1.29 is 147 Å². The van der Waals surface area contributed by atoms with E-state index in [1.165, 1.54) is 0 Å². The largest absolute Gasteiger partial charge is 1.00 e. The van der Waals surface area contributed by atoms with Crippen LogP contribution in [0.5, 0.6) is 0 Å². The van der Waals surface area contributed by atoms with Crippen molar-refractivity contribution in [2.24, 2.45) is 17.4 Å². The molecule has 0 aromatic rings. The van der Waals surface area contributed by atoms with Gasteiger partial charge in [-0.25, -0.2) is 0 Å². The molecule has 1 saturated heterocycles. The van der Waals surface area contributed by atoms with Gasteiger partial charge in [-0.2, -0.15) is 8.42 Å². The monoisotopic (exact) mass is 570 g/mol. The minimum atomic E-state index is -4.67. The summed E-state index contributed by atoms with van der Waals surface area (Å²) < 4.78 is 36.3. The van der Waals surface area contributed by atoms with E-state index in [1.54, 1.807) is 0 Å². The average Bonchev–Trinajstić information content (AvgIpc) is 2.63. The van der Waals surface area contributed by atoms with Gasteiger partial charge in [-0.15, -0.1) is 0 Å². The van der Waals surface area contributed by atoms with E-state index in [-0.39, 0.29) is 97.0 Å². The van der Waals surface area contributed by atoms with Crippen molar-refractivity contribution in [2.45, 2.75) is 61.4 Å². The van der Waals surface area contributed by atoms with Crippen molar-refractivity contribution in [3.8, 4) is 0 Å². The van der Waals surface area contributed by atoms with Crippen LogP contribution in [0.3, 0.4) is 0 Å². The van der Waals surface area contributed by atoms with Gasteiger partial charge in [0.15, 0.2) is 6.29 Å². The minimum absolute atomic E-state index is 0. The summed E-state index contributed by atoms with van der Waals surface area (Å²) in [5.41, 5.74) is 10.6. The Hall–Kier alpha value is 2.01. The van der Waals surface area contributed by atoms with Gasteiger partial charge in [0.1, 0.15) is 18.3 Å². The van der Waals surface area contributed by atoms with Gasteiger partial charge in [-0.3, -0.25) is 9.11 Å². The summed E-state index contributed by atoms with van der Waals surface area (Å²) >= 11 is 0. The molecule has 1 saturated carbocycles. The topological polar surface area (TPSA) is 298 Å². The summed E-state index contributed by atoms with van der Waals surface area (Å²) in [6.45, 7) is -0.718. The molecule has 1 aliphatic carbocycles. The van der Waals surface area contributed by atoms with Gasteiger partial charge in [0.25, 0.3) is 0 Å². The standard InChI is InChI=1S/C7H15NO4.C6H13NO5.2ClH.2Na.H2O4S/c8-5-4(10)1-3(2-9)6(11)7(5)12;7-3-5(10)4(9)2(1-8)12-6(3)11;;;;;1-5(2,3)4/h3-7,9-12H,1-2,8H2;2-6,8-11H,1,7H2;2*1H;;;(H2,1,2,3,4)/q;;;;2*+1;/p-2/t3-,4-,5+,6-,7-;2-,3-,4-,5-,6-;;;;;/m11...../s1. The first-order valence-electron chi connectivity index (χ1n) is 8.32. The number of hydrogen-bond donors (Lipinski definition) is 12. The van der Waals surface area contributed by atoms with Gasteiger partial charge in [0, 0.05) is 12.5 Å². The Balaban J connectivity index is -0.000000120. The summed E-state index contributed by atoms with van der Waals surface area (Å²) in [6.07, 6.45) is -7.65. The maximum Gasteiger partial charge on any atom is 1.00 e. The van der Waals surface area contributed by atoms with E-state index in [2.05, 4.69) is 0 Å². The van der Waals surface area contributed by atoms with Crippen LogP contribution in [0.4, 0.5) is 0 Å². The Morgan fingerprint density at radius 1 is 0.758 bits per heavy atom. The third-order valence-corrected chi connectivity index (χ3v) is 4.40. The third-order valence-electron chi connectivity index (χ3n) is 4.40. The second-order valence-corrected chi connectivity index (χ2v) is 7.45. The molecule has 15 nitrogen and oxygen atoms in total. The molecular formula is C13H30Cl2N2Na2O13S. The molecule has 20 heteroatoms. The van der Waals surface area contributed by atoms with Crippen molar-refractivity contribution >= 4 is 10.4 Å². The first-order valence-corrected chi connectivity index (χ1v) is 9.71. The summed E-state index contributed by atoms with van der Waals surface area (Å²) in [4.78, 5) is 0. The Morgan fingerprint density at radius 2 is 1.15 bits per heavy atom. The SMILES string of the molecule is N[C@@H]1[C@@H](O)[C@H](O)[C@@H](CO)C[C@H]1O.N[C@@H]1[C@@H](O)[C@H](O)[C@@H](CO)O[C@H]1O.O=S(=O)(O)O.[Cl-].[Cl-].[Na+].[Na+]. The summed E-state index contributed by atoms with van der Waals surface area (Å²) in [5, 5.41) is 72.7. The zero-order valence-electron chi connectivity index (χ0n) is 17.9. The second-order valence-electron chi connectivity index (χ2n) is 6.56. The van der Waals surface area contributed by atoms with Crippen molar-refractivity contribution in [2.75, 3.05) is 13.2 Å². The van der Waals surface area contributed by atoms with Crippen LogP contribution in [0.15, 0.2) is 0 Å². The van der Waals surface area contributed by atoms with Crippen LogP contribution < -0.4 is 95.4 Å². The number of halogens is 2. The molecule has 2 aliphatic rings. The fraction of sp³-hybridized carbons (Fsp3) is 1.00. The molecule has 0 aromatic heterocycles. The fourth-order valence-corrected chi connectivity index (χ4v) is 2.64. The molecule has 0 bridgehead atoms. The Bertz CT molecular complexity index is 537. The molecule has 14 N–H and O–H groups in total. The van der Waals surface area contributed by atoms with Crippen LogP contribution in [0, 0.1) is 5.92 Å². The van der Waals surface area contributed by atoms with Crippen molar-refractivity contribution in [1.82, 2.24) is 0 Å². The first kappa shape index (κ1) is 45.0. The molecule has 10 atom stereocenters. The number of hydrogen-bond acceptors (Lipinski definition) is 13. The molecule has 0 radical (unpaired) electrons. The van der Waals surface area contributed by atoms with Gasteiger partial charge >= 0.3 is 69.5 Å². The molecule has 1 aliphatic heterocycles. The van der Waals surface area contributed by atoms with Crippen LogP contribution >= 0.6 is 0 Å². The fourth-order valence-electron chi connectivity index (χ4n) is 2.64. The van der Waals surface area contributed by atoms with E-state index in [1.807, 2.05) is 0 Å². The number of aliphatic hydroxyl groups excluding tert-OH is 8. The number of nitrogens with two attached hydrogens (primary N) is 2. The van der Waals surface area contributed by atoms with E-state index in [9.17, 15) is 25.5 Å². The molecule has 33 heavy (non-hydrogen) atoms. The number of rotatable bonds is 2. The summed E-state index contributed by atoms with van der Waals surface area (Å²) in [6, 6.07) is -1.86. The van der Waals surface area contributed by atoms with Crippen LogP contribution in [-0.2, 0) is 15.1 Å². The molecule has 0 amide bonds. The quantitative estimate of drug-likeness (QED) is 0.108. The molecule has 2 rings (SSSR count). The van der Waals surface area contributed by atoms with E-state index < -0.39 is 77.9 Å². The van der Waals surface area contributed by atoms with Crippen molar-refractivity contribution in [3.05, 3.63) is 0 Å². The number of ether oxygens (including phenoxy) is 1. The zero-order valence-corrected chi connectivity index (χ0v) is 24.2. The molecular weight excluding hydrogens is 541 g/mol. The van der Waals surface area contributed by atoms with E-state index in [0.29, 0.717) is 0 Å². The van der Waals surface area contributed by atoms with Crippen molar-refractivity contribution in [1.29, 1.82) is 0 Å². The van der Waals surface area contributed by atoms with Gasteiger partial charge in [-0.1, -0.05) is 0 Å². The van der Waals surface area contributed by atoms with E-state index in [0.717, 1.165) is 0 Å². The van der Waals surface area contributed by atoms with Crippen LogP contribution in [0.2, 0.25) is 0 Å². The maximum absolute atomic E-state index is 9.32. The first-order chi connectivity index (χ1) is 13.1. The minimum Gasteiger partial charge on any atom is -1.00 e. The molecule has 2 fully saturated rings. The van der Waals surface area contributed by atoms with Gasteiger partial charge in [0.05, 0.1) is 37.0 Å². The summed E-state index contributed by atoms with van der Waals surface area (Å²) in [5.74, 6) is -0.477. The van der Waals surface area contributed by atoms with E-state index >= 15 is 0 Å². The average molecular weight is 571 g/mol. The Labute approximate surface area is 247 Å². The molecule has 0 unspecified atom stereocenters.